The minimum absolute atomic E-state index is 0.306. The topological polar surface area (TPSA) is 72.8 Å². The van der Waals surface area contributed by atoms with E-state index in [1.165, 1.54) is 11.3 Å². The van der Waals surface area contributed by atoms with Crippen molar-refractivity contribution in [2.24, 2.45) is 0 Å². The average molecular weight is 216 g/mol. The normalized spacial score (nSPS) is 24.9. The van der Waals surface area contributed by atoms with Gasteiger partial charge >= 0.3 is 6.09 Å². The van der Waals surface area contributed by atoms with Crippen LogP contribution < -0.4 is 5.32 Å². The number of rotatable bonds is 1. The fourth-order valence-electron chi connectivity index (χ4n) is 1.82. The number of carboxylic acid groups (broad SMARTS) is 1. The quantitative estimate of drug-likeness (QED) is 0.596. The number of aliphatic hydroxyl groups is 1. The lowest BCUT2D eigenvalue weighted by Gasteiger charge is -2.07. The highest BCUT2D eigenvalue weighted by Gasteiger charge is 2.15. The minimum Gasteiger partial charge on any atom is -0.465 e. The summed E-state index contributed by atoms with van der Waals surface area (Å²) < 4.78 is 0. The van der Waals surface area contributed by atoms with Crippen LogP contribution in [-0.2, 0) is 0 Å². The predicted molar refractivity (Wildman–Crippen MR) is 56.9 cm³/mol. The number of nitrogens with zero attached hydrogens (tertiary/aromatic N) is 1. The molecule has 15 heavy (non-hydrogen) atoms. The second-order valence-corrected chi connectivity index (χ2v) is 3.95. The third-order valence-corrected chi connectivity index (χ3v) is 2.76. The summed E-state index contributed by atoms with van der Waals surface area (Å²) in [4.78, 5) is 11.6. The van der Waals surface area contributed by atoms with E-state index < -0.39 is 6.09 Å². The third kappa shape index (κ3) is 4.48. The Labute approximate surface area is 90.1 Å². The summed E-state index contributed by atoms with van der Waals surface area (Å²) in [5.74, 6) is 0. The van der Waals surface area contributed by atoms with E-state index in [0.29, 0.717) is 12.6 Å². The number of amides is 1. The fraction of sp³-hybridized carbons (Fsp3) is 0.900. The zero-order valence-electron chi connectivity index (χ0n) is 8.98. The highest BCUT2D eigenvalue weighted by atomic mass is 16.4. The number of likely N-dealkylation sites (tertiary alicyclic amines) is 1. The molecule has 1 amide bonds. The van der Waals surface area contributed by atoms with E-state index >= 15 is 0 Å². The van der Waals surface area contributed by atoms with Gasteiger partial charge in [-0.3, -0.25) is 0 Å². The first-order valence-electron chi connectivity index (χ1n) is 5.56. The Morgan fingerprint density at radius 1 is 1.33 bits per heavy atom. The average Bonchev–Trinajstić information content (AvgIpc) is 2.92. The van der Waals surface area contributed by atoms with Crippen molar-refractivity contribution in [1.29, 1.82) is 0 Å². The van der Waals surface area contributed by atoms with E-state index in [1.54, 1.807) is 0 Å². The van der Waals surface area contributed by atoms with E-state index in [9.17, 15) is 4.79 Å². The summed E-state index contributed by atoms with van der Waals surface area (Å²) in [6.45, 7) is 2.86. The van der Waals surface area contributed by atoms with Gasteiger partial charge in [-0.1, -0.05) is 0 Å². The molecule has 0 aromatic rings. The number of aliphatic hydroxyl groups excluding tert-OH is 1. The molecule has 0 saturated carbocycles. The van der Waals surface area contributed by atoms with Crippen LogP contribution in [0.2, 0.25) is 0 Å². The van der Waals surface area contributed by atoms with E-state index in [4.69, 9.17) is 10.2 Å². The van der Waals surface area contributed by atoms with Crippen molar-refractivity contribution in [3.8, 4) is 0 Å². The van der Waals surface area contributed by atoms with Gasteiger partial charge in [0.25, 0.3) is 0 Å². The molecule has 2 fully saturated rings. The molecule has 5 heteroatoms. The van der Waals surface area contributed by atoms with Crippen LogP contribution in [-0.4, -0.2) is 53.5 Å². The van der Waals surface area contributed by atoms with Crippen LogP contribution in [0.15, 0.2) is 0 Å². The molecule has 5 nitrogen and oxygen atoms in total. The lowest BCUT2D eigenvalue weighted by molar-refractivity contribution is 0.156. The maximum atomic E-state index is 10.1. The van der Waals surface area contributed by atoms with Gasteiger partial charge in [-0.05, 0) is 32.2 Å². The SMILES string of the molecule is O=C(O)N1CCCC1.OC[C@H]1CCCN1. The summed E-state index contributed by atoms with van der Waals surface area (Å²) in [7, 11) is 0. The molecule has 0 unspecified atom stereocenters. The summed E-state index contributed by atoms with van der Waals surface area (Å²) >= 11 is 0. The van der Waals surface area contributed by atoms with Gasteiger partial charge in [0.15, 0.2) is 0 Å². The predicted octanol–water partition coefficient (Wildman–Crippen LogP) is 0.491. The fourth-order valence-corrected chi connectivity index (χ4v) is 1.82. The second kappa shape index (κ2) is 6.63. The van der Waals surface area contributed by atoms with Crippen LogP contribution in [0, 0.1) is 0 Å². The molecule has 2 aliphatic rings. The Morgan fingerprint density at radius 3 is 2.27 bits per heavy atom. The Kier molecular flexibility index (Phi) is 5.42. The van der Waals surface area contributed by atoms with Crippen LogP contribution in [0.4, 0.5) is 4.79 Å². The molecule has 88 valence electrons. The lowest BCUT2D eigenvalue weighted by atomic mass is 10.2. The van der Waals surface area contributed by atoms with Crippen LogP contribution in [0.1, 0.15) is 25.7 Å². The second-order valence-electron chi connectivity index (χ2n) is 3.95. The monoisotopic (exact) mass is 216 g/mol. The molecule has 0 spiro atoms. The van der Waals surface area contributed by atoms with Gasteiger partial charge in [0.2, 0.25) is 0 Å². The van der Waals surface area contributed by atoms with Gasteiger partial charge < -0.3 is 20.4 Å². The van der Waals surface area contributed by atoms with E-state index in [2.05, 4.69) is 5.32 Å². The lowest BCUT2D eigenvalue weighted by Crippen LogP contribution is -2.25. The molecule has 2 aliphatic heterocycles. The van der Waals surface area contributed by atoms with Crippen LogP contribution >= 0.6 is 0 Å². The maximum absolute atomic E-state index is 10.1. The summed E-state index contributed by atoms with van der Waals surface area (Å²) in [6, 6.07) is 0.403. The zero-order chi connectivity index (χ0) is 11.1. The van der Waals surface area contributed by atoms with Gasteiger partial charge in [-0.25, -0.2) is 4.79 Å². The smallest absolute Gasteiger partial charge is 0.407 e. The molecule has 2 heterocycles. The van der Waals surface area contributed by atoms with Crippen LogP contribution in [0.25, 0.3) is 0 Å². The molecule has 3 N–H and O–H groups in total. The summed E-state index contributed by atoms with van der Waals surface area (Å²) in [5, 5.41) is 20.0. The summed E-state index contributed by atoms with van der Waals surface area (Å²) in [5.41, 5.74) is 0. The standard InChI is InChI=1S/C5H9NO2.C5H11NO/c7-5(8)6-3-1-2-4-6;7-4-5-2-1-3-6-5/h1-4H2,(H,7,8);5-7H,1-4H2/t;5-/m.1/s1. The zero-order valence-corrected chi connectivity index (χ0v) is 8.98. The largest absolute Gasteiger partial charge is 0.465 e. The molecule has 0 aromatic carbocycles. The van der Waals surface area contributed by atoms with E-state index in [0.717, 1.165) is 38.9 Å². The van der Waals surface area contributed by atoms with Crippen LogP contribution in [0.5, 0.6) is 0 Å². The maximum Gasteiger partial charge on any atom is 0.407 e. The van der Waals surface area contributed by atoms with Crippen molar-refractivity contribution in [1.82, 2.24) is 10.2 Å². The molecule has 0 aliphatic carbocycles. The number of hydrogen-bond donors (Lipinski definition) is 3. The third-order valence-electron chi connectivity index (χ3n) is 2.76. The first-order valence-corrected chi connectivity index (χ1v) is 5.56. The first kappa shape index (κ1) is 12.3. The van der Waals surface area contributed by atoms with Gasteiger partial charge in [0.05, 0.1) is 6.61 Å². The van der Waals surface area contributed by atoms with Crippen molar-refractivity contribution in [3.05, 3.63) is 0 Å². The van der Waals surface area contributed by atoms with Gasteiger partial charge in [0.1, 0.15) is 0 Å². The number of nitrogens with one attached hydrogen (secondary N) is 1. The van der Waals surface area contributed by atoms with Crippen molar-refractivity contribution >= 4 is 6.09 Å². The molecule has 2 rings (SSSR count). The van der Waals surface area contributed by atoms with Crippen molar-refractivity contribution in [2.75, 3.05) is 26.2 Å². The Hall–Kier alpha value is -0.810. The number of carbonyl (C=O) groups is 1. The Bertz CT molecular complexity index is 187. The number of hydrogen-bond acceptors (Lipinski definition) is 3. The first-order chi connectivity index (χ1) is 7.24. The Balaban J connectivity index is 0.000000151. The van der Waals surface area contributed by atoms with Crippen LogP contribution in [0.3, 0.4) is 0 Å². The Morgan fingerprint density at radius 2 is 2.00 bits per heavy atom. The molecule has 0 radical (unpaired) electrons. The van der Waals surface area contributed by atoms with Crippen molar-refractivity contribution < 1.29 is 15.0 Å². The van der Waals surface area contributed by atoms with E-state index in [1.807, 2.05) is 0 Å². The van der Waals surface area contributed by atoms with Crippen molar-refractivity contribution in [3.63, 3.8) is 0 Å². The molecule has 0 aromatic heterocycles. The molecular weight excluding hydrogens is 196 g/mol. The highest BCUT2D eigenvalue weighted by Crippen LogP contribution is 2.06. The molecule has 0 bridgehead atoms. The molecular formula is C10H20N2O3. The van der Waals surface area contributed by atoms with Gasteiger partial charge in [-0.2, -0.15) is 0 Å². The van der Waals surface area contributed by atoms with Crippen molar-refractivity contribution in [2.45, 2.75) is 31.7 Å². The highest BCUT2D eigenvalue weighted by molar-refractivity contribution is 5.65. The minimum atomic E-state index is -0.775. The molecule has 1 atom stereocenters. The van der Waals surface area contributed by atoms with Gasteiger partial charge in [-0.15, -0.1) is 0 Å². The van der Waals surface area contributed by atoms with Gasteiger partial charge in [0, 0.05) is 19.1 Å². The van der Waals surface area contributed by atoms with E-state index in [-0.39, 0.29) is 0 Å². The molecule has 2 saturated heterocycles. The summed E-state index contributed by atoms with van der Waals surface area (Å²) in [6.07, 6.45) is 3.67.